The lowest BCUT2D eigenvalue weighted by Gasteiger charge is -1.90. The van der Waals surface area contributed by atoms with E-state index in [1.54, 1.807) is 0 Å². The fourth-order valence-corrected chi connectivity index (χ4v) is 1.06. The predicted molar refractivity (Wildman–Crippen MR) is 93.2 cm³/mol. The molecule has 1 aromatic carbocycles. The van der Waals surface area contributed by atoms with E-state index in [1.165, 1.54) is 52.4 Å². The van der Waals surface area contributed by atoms with Crippen LogP contribution in [0.4, 0.5) is 0 Å². The lowest BCUT2D eigenvalue weighted by molar-refractivity contribution is -0.114. The van der Waals surface area contributed by atoms with Crippen LogP contribution in [0.15, 0.2) is 36.4 Å². The first kappa shape index (κ1) is 23.9. The van der Waals surface area contributed by atoms with Crippen molar-refractivity contribution >= 4 is 5.78 Å². The van der Waals surface area contributed by atoms with Gasteiger partial charge >= 0.3 is 0 Å². The lowest BCUT2D eigenvalue weighted by Crippen LogP contribution is -1.70. The number of benzene rings is 1. The number of hydrogen-bond acceptors (Lipinski definition) is 1. The summed E-state index contributed by atoms with van der Waals surface area (Å²) in [6.07, 6.45) is 8.26. The Morgan fingerprint density at radius 3 is 1.00 bits per heavy atom. The third kappa shape index (κ3) is 54.0. The van der Waals surface area contributed by atoms with Gasteiger partial charge < -0.3 is 4.79 Å². The van der Waals surface area contributed by atoms with E-state index in [0.29, 0.717) is 0 Å². The summed E-state index contributed by atoms with van der Waals surface area (Å²) in [7, 11) is 0. The second kappa shape index (κ2) is 26.5. The maximum absolute atomic E-state index is 9.44. The zero-order chi connectivity index (χ0) is 16.1. The van der Waals surface area contributed by atoms with Crippen LogP contribution in [-0.4, -0.2) is 5.78 Å². The van der Waals surface area contributed by atoms with Gasteiger partial charge in [0.2, 0.25) is 0 Å². The topological polar surface area (TPSA) is 17.1 Å². The summed E-state index contributed by atoms with van der Waals surface area (Å²) in [4.78, 5) is 9.44. The van der Waals surface area contributed by atoms with E-state index in [2.05, 4.69) is 27.7 Å². The highest BCUT2D eigenvalue weighted by atomic mass is 16.1. The van der Waals surface area contributed by atoms with E-state index in [-0.39, 0.29) is 5.78 Å². The van der Waals surface area contributed by atoms with E-state index in [9.17, 15) is 4.79 Å². The van der Waals surface area contributed by atoms with Crippen molar-refractivity contribution in [1.29, 1.82) is 0 Å². The second-order valence-corrected chi connectivity index (χ2v) is 4.83. The summed E-state index contributed by atoms with van der Waals surface area (Å²) in [5, 5.41) is 0. The molecule has 0 saturated heterocycles. The average Bonchev–Trinajstić information content (AvgIpc) is 2.42. The molecule has 0 atom stereocenters. The van der Waals surface area contributed by atoms with Gasteiger partial charge in [-0.1, -0.05) is 103 Å². The Morgan fingerprint density at radius 2 is 0.850 bits per heavy atom. The third-order valence-electron chi connectivity index (χ3n) is 1.87. The molecule has 0 saturated carbocycles. The predicted octanol–water partition coefficient (Wildman–Crippen LogP) is 6.67. The minimum Gasteiger partial charge on any atom is -0.300 e. The molecule has 1 nitrogen and oxygen atoms in total. The van der Waals surface area contributed by atoms with Crippen LogP contribution in [0.1, 0.15) is 80.1 Å². The fraction of sp³-hybridized carbons (Fsp3) is 0.632. The summed E-state index contributed by atoms with van der Waals surface area (Å²) in [5.41, 5.74) is 0. The van der Waals surface area contributed by atoms with Crippen molar-refractivity contribution in [1.82, 2.24) is 0 Å². The van der Waals surface area contributed by atoms with Crippen molar-refractivity contribution < 1.29 is 4.79 Å². The van der Waals surface area contributed by atoms with Gasteiger partial charge in [0.25, 0.3) is 0 Å². The molecule has 1 rings (SSSR count). The molecule has 0 aliphatic carbocycles. The Labute approximate surface area is 127 Å². The van der Waals surface area contributed by atoms with Crippen LogP contribution in [0.25, 0.3) is 0 Å². The molecule has 0 bridgehead atoms. The Bertz CT molecular complexity index is 206. The van der Waals surface area contributed by atoms with Crippen LogP contribution >= 0.6 is 0 Å². The number of rotatable bonds is 4. The molecular formula is C19H36O. The summed E-state index contributed by atoms with van der Waals surface area (Å²) in [5.74, 6) is 0.167. The number of hydrogen-bond donors (Lipinski definition) is 0. The first-order chi connectivity index (χ1) is 9.56. The number of ketones is 1. The van der Waals surface area contributed by atoms with E-state index in [1.807, 2.05) is 36.4 Å². The van der Waals surface area contributed by atoms with Crippen LogP contribution < -0.4 is 0 Å². The fourth-order valence-electron chi connectivity index (χ4n) is 1.06. The van der Waals surface area contributed by atoms with Gasteiger partial charge in [-0.25, -0.2) is 0 Å². The quantitative estimate of drug-likeness (QED) is 0.562. The number of carbonyl (C=O) groups excluding carboxylic acids is 1. The molecule has 0 aliphatic heterocycles. The largest absolute Gasteiger partial charge is 0.300 e. The van der Waals surface area contributed by atoms with E-state index in [0.717, 1.165) is 0 Å². The molecule has 0 aliphatic rings. The molecule has 20 heavy (non-hydrogen) atoms. The van der Waals surface area contributed by atoms with Gasteiger partial charge in [0, 0.05) is 0 Å². The van der Waals surface area contributed by atoms with Crippen molar-refractivity contribution in [2.75, 3.05) is 0 Å². The van der Waals surface area contributed by atoms with Gasteiger partial charge in [0.1, 0.15) is 5.78 Å². The molecule has 0 radical (unpaired) electrons. The highest BCUT2D eigenvalue weighted by Crippen LogP contribution is 2.00. The van der Waals surface area contributed by atoms with Crippen molar-refractivity contribution in [3.05, 3.63) is 36.4 Å². The standard InChI is InChI=1S/C7H16.C6H6.C3H6O.C3H8/c1-3-5-7-6-4-2;1-2-4-6-5-3-1;1-3(2)4;1-3-2/h3-7H2,1-2H3;1-6H;1-2H3;3H2,1-2H3. The van der Waals surface area contributed by atoms with Crippen molar-refractivity contribution in [3.8, 4) is 0 Å². The summed E-state index contributed by atoms with van der Waals surface area (Å²) in [6, 6.07) is 12.0. The number of carbonyl (C=O) groups is 1. The minimum absolute atomic E-state index is 0.167. The van der Waals surface area contributed by atoms with Crippen molar-refractivity contribution in [3.63, 3.8) is 0 Å². The van der Waals surface area contributed by atoms with Crippen molar-refractivity contribution in [2.24, 2.45) is 0 Å². The Balaban J connectivity index is -0.000000203. The molecule has 1 heteroatoms. The first-order valence-electron chi connectivity index (χ1n) is 8.03. The van der Waals surface area contributed by atoms with Crippen LogP contribution in [0.5, 0.6) is 0 Å². The van der Waals surface area contributed by atoms with Gasteiger partial charge in [-0.05, 0) is 13.8 Å². The van der Waals surface area contributed by atoms with Crippen LogP contribution in [0.2, 0.25) is 0 Å². The van der Waals surface area contributed by atoms with Gasteiger partial charge in [0.15, 0.2) is 0 Å². The highest BCUT2D eigenvalue weighted by molar-refractivity contribution is 5.72. The maximum Gasteiger partial charge on any atom is 0.126 e. The lowest BCUT2D eigenvalue weighted by atomic mass is 10.2. The SMILES string of the molecule is CC(C)=O.CCC.CCCCCCC.c1ccccc1. The highest BCUT2D eigenvalue weighted by Gasteiger charge is 1.80. The molecule has 0 fully saturated rings. The maximum atomic E-state index is 9.44. The molecule has 0 N–H and O–H groups in total. The molecule has 118 valence electrons. The zero-order valence-electron chi connectivity index (χ0n) is 14.6. The van der Waals surface area contributed by atoms with Crippen LogP contribution in [-0.2, 0) is 4.79 Å². The van der Waals surface area contributed by atoms with E-state index >= 15 is 0 Å². The Kier molecular flexibility index (Phi) is 31.7. The van der Waals surface area contributed by atoms with Gasteiger partial charge in [-0.15, -0.1) is 0 Å². The van der Waals surface area contributed by atoms with Crippen LogP contribution in [0.3, 0.4) is 0 Å². The summed E-state index contributed by atoms with van der Waals surface area (Å²) in [6.45, 7) is 11.8. The summed E-state index contributed by atoms with van der Waals surface area (Å²) < 4.78 is 0. The second-order valence-electron chi connectivity index (χ2n) is 4.83. The molecule has 0 heterocycles. The van der Waals surface area contributed by atoms with Gasteiger partial charge in [-0.2, -0.15) is 0 Å². The monoisotopic (exact) mass is 280 g/mol. The smallest absolute Gasteiger partial charge is 0.126 e. The molecule has 0 amide bonds. The molecule has 0 aromatic heterocycles. The van der Waals surface area contributed by atoms with E-state index < -0.39 is 0 Å². The zero-order valence-corrected chi connectivity index (χ0v) is 14.6. The Morgan fingerprint density at radius 1 is 0.650 bits per heavy atom. The first-order valence-corrected chi connectivity index (χ1v) is 8.03. The number of Topliss-reactive ketones (excluding diaryl/α,β-unsaturated/α-hetero) is 1. The minimum atomic E-state index is 0.167. The van der Waals surface area contributed by atoms with Gasteiger partial charge in [-0.3, -0.25) is 0 Å². The molecule has 1 aromatic rings. The summed E-state index contributed by atoms with van der Waals surface area (Å²) >= 11 is 0. The normalized spacial score (nSPS) is 7.90. The van der Waals surface area contributed by atoms with Crippen molar-refractivity contribution in [2.45, 2.75) is 80.1 Å². The Hall–Kier alpha value is -1.11. The number of unbranched alkanes of at least 4 members (excludes halogenated alkanes) is 4. The third-order valence-corrected chi connectivity index (χ3v) is 1.87. The molecule has 0 spiro atoms. The molecule has 0 unspecified atom stereocenters. The van der Waals surface area contributed by atoms with Gasteiger partial charge in [0.05, 0.1) is 0 Å². The molecular weight excluding hydrogens is 244 g/mol. The average molecular weight is 280 g/mol. The van der Waals surface area contributed by atoms with E-state index in [4.69, 9.17) is 0 Å². The van der Waals surface area contributed by atoms with Crippen LogP contribution in [0, 0.1) is 0 Å².